The van der Waals surface area contributed by atoms with Gasteiger partial charge in [-0.2, -0.15) is 0 Å². The number of halogens is 1. The summed E-state index contributed by atoms with van der Waals surface area (Å²) in [6.45, 7) is 4.30. The Morgan fingerprint density at radius 1 is 1.73 bits per heavy atom. The van der Waals surface area contributed by atoms with Crippen LogP contribution in [0.5, 0.6) is 0 Å². The number of hydrogen-bond donors (Lipinski definition) is 0. The molecule has 2 heteroatoms. The third-order valence-electron chi connectivity index (χ3n) is 3.25. The highest BCUT2D eigenvalue weighted by atomic mass is 127. The van der Waals surface area contributed by atoms with E-state index in [1.165, 1.54) is 3.58 Å². The predicted octanol–water partition coefficient (Wildman–Crippen LogP) is 2.55. The van der Waals surface area contributed by atoms with E-state index in [-0.39, 0.29) is 5.41 Å². The molecule has 0 N–H and O–H groups in total. The SMILES string of the molecule is CC1C(I)=CC2(C)C(=O)CC12. The molecule has 0 amide bonds. The zero-order valence-electron chi connectivity index (χ0n) is 6.73. The second-order valence-corrected chi connectivity index (χ2v) is 5.08. The van der Waals surface area contributed by atoms with Crippen molar-refractivity contribution in [1.82, 2.24) is 0 Å². The molecule has 0 aliphatic heterocycles. The van der Waals surface area contributed by atoms with Crippen molar-refractivity contribution in [3.8, 4) is 0 Å². The number of hydrogen-bond acceptors (Lipinski definition) is 1. The first-order valence-electron chi connectivity index (χ1n) is 3.97. The summed E-state index contributed by atoms with van der Waals surface area (Å²) in [5, 5.41) is 0. The molecular formula is C9H11IO. The van der Waals surface area contributed by atoms with Gasteiger partial charge < -0.3 is 0 Å². The van der Waals surface area contributed by atoms with Crippen molar-refractivity contribution in [2.24, 2.45) is 17.3 Å². The van der Waals surface area contributed by atoms with Gasteiger partial charge in [0, 0.05) is 11.8 Å². The van der Waals surface area contributed by atoms with Gasteiger partial charge in [0.25, 0.3) is 0 Å². The van der Waals surface area contributed by atoms with Crippen LogP contribution < -0.4 is 0 Å². The van der Waals surface area contributed by atoms with Gasteiger partial charge in [0.05, 0.1) is 0 Å². The highest BCUT2D eigenvalue weighted by Gasteiger charge is 2.55. The number of rotatable bonds is 0. The molecule has 2 rings (SSSR count). The number of fused-ring (bicyclic) bond motifs is 1. The average Bonchev–Trinajstić information content (AvgIpc) is 2.12. The fourth-order valence-corrected chi connectivity index (χ4v) is 3.28. The first-order valence-corrected chi connectivity index (χ1v) is 5.05. The molecule has 1 saturated carbocycles. The van der Waals surface area contributed by atoms with E-state index >= 15 is 0 Å². The molecule has 1 fully saturated rings. The maximum Gasteiger partial charge on any atom is 0.143 e. The summed E-state index contributed by atoms with van der Waals surface area (Å²) in [4.78, 5) is 11.3. The van der Waals surface area contributed by atoms with E-state index in [0.29, 0.717) is 17.6 Å². The van der Waals surface area contributed by atoms with Gasteiger partial charge in [0.1, 0.15) is 5.78 Å². The van der Waals surface area contributed by atoms with Gasteiger partial charge in [-0.1, -0.05) is 13.0 Å². The van der Waals surface area contributed by atoms with Crippen LogP contribution in [0, 0.1) is 17.3 Å². The number of ketones is 1. The molecule has 3 unspecified atom stereocenters. The van der Waals surface area contributed by atoms with E-state index in [9.17, 15) is 4.79 Å². The number of allylic oxidation sites excluding steroid dienone is 2. The molecule has 1 nitrogen and oxygen atoms in total. The normalized spacial score (nSPS) is 48.3. The molecule has 11 heavy (non-hydrogen) atoms. The Kier molecular flexibility index (Phi) is 1.48. The second-order valence-electron chi connectivity index (χ2n) is 3.83. The average molecular weight is 262 g/mol. The largest absolute Gasteiger partial charge is 0.299 e. The van der Waals surface area contributed by atoms with Crippen molar-refractivity contribution in [3.05, 3.63) is 9.66 Å². The second kappa shape index (κ2) is 2.09. The van der Waals surface area contributed by atoms with E-state index in [4.69, 9.17) is 0 Å². The third kappa shape index (κ3) is 0.791. The zero-order valence-corrected chi connectivity index (χ0v) is 8.88. The lowest BCUT2D eigenvalue weighted by Gasteiger charge is -2.41. The molecule has 0 aromatic heterocycles. The Morgan fingerprint density at radius 3 is 2.73 bits per heavy atom. The minimum absolute atomic E-state index is 0.0735. The third-order valence-corrected chi connectivity index (χ3v) is 4.55. The highest BCUT2D eigenvalue weighted by Crippen LogP contribution is 2.57. The van der Waals surface area contributed by atoms with Crippen LogP contribution in [-0.4, -0.2) is 5.78 Å². The van der Waals surface area contributed by atoms with Gasteiger partial charge in [0.15, 0.2) is 0 Å². The summed E-state index contributed by atoms with van der Waals surface area (Å²) >= 11 is 2.36. The van der Waals surface area contributed by atoms with E-state index in [1.807, 2.05) is 0 Å². The Labute approximate surface area is 80.4 Å². The van der Waals surface area contributed by atoms with Crippen LogP contribution in [-0.2, 0) is 4.79 Å². The van der Waals surface area contributed by atoms with Crippen LogP contribution >= 0.6 is 22.6 Å². The van der Waals surface area contributed by atoms with Crippen molar-refractivity contribution in [2.45, 2.75) is 20.3 Å². The molecule has 0 saturated heterocycles. The summed E-state index contributed by atoms with van der Waals surface area (Å²) in [5.41, 5.74) is -0.0735. The fourth-order valence-electron chi connectivity index (χ4n) is 2.20. The van der Waals surface area contributed by atoms with E-state index in [2.05, 4.69) is 42.5 Å². The molecular weight excluding hydrogens is 251 g/mol. The standard InChI is InChI=1S/C9H11IO/c1-5-6-3-8(11)9(6,2)4-7(5)10/h4-6H,3H2,1-2H3. The molecule has 0 bridgehead atoms. The smallest absolute Gasteiger partial charge is 0.143 e. The van der Waals surface area contributed by atoms with Crippen LogP contribution in [0.3, 0.4) is 0 Å². The summed E-state index contributed by atoms with van der Waals surface area (Å²) in [5.74, 6) is 1.67. The summed E-state index contributed by atoms with van der Waals surface area (Å²) in [6.07, 6.45) is 2.97. The lowest BCUT2D eigenvalue weighted by Crippen LogP contribution is -2.45. The molecule has 0 heterocycles. The Bertz CT molecular complexity index is 256. The maximum absolute atomic E-state index is 11.3. The van der Waals surface area contributed by atoms with Gasteiger partial charge in [-0.25, -0.2) is 0 Å². The van der Waals surface area contributed by atoms with Gasteiger partial charge in [-0.3, -0.25) is 4.79 Å². The van der Waals surface area contributed by atoms with Gasteiger partial charge in [-0.05, 0) is 44.9 Å². The van der Waals surface area contributed by atoms with Crippen LogP contribution in [0.1, 0.15) is 20.3 Å². The Hall–Kier alpha value is 0.140. The number of Topliss-reactive ketones (excluding diaryl/α,β-unsaturated/α-hetero) is 1. The maximum atomic E-state index is 11.3. The van der Waals surface area contributed by atoms with Crippen molar-refractivity contribution < 1.29 is 4.79 Å². The molecule has 60 valence electrons. The topological polar surface area (TPSA) is 17.1 Å². The molecule has 0 radical (unpaired) electrons. The van der Waals surface area contributed by atoms with Gasteiger partial charge >= 0.3 is 0 Å². The monoisotopic (exact) mass is 262 g/mol. The number of carbonyl (C=O) groups is 1. The first-order chi connectivity index (χ1) is 5.05. The molecule has 2 aliphatic rings. The first kappa shape index (κ1) is 7.77. The van der Waals surface area contributed by atoms with Crippen molar-refractivity contribution in [3.63, 3.8) is 0 Å². The van der Waals surface area contributed by atoms with Crippen LogP contribution in [0.2, 0.25) is 0 Å². The molecule has 3 atom stereocenters. The predicted molar refractivity (Wildman–Crippen MR) is 52.5 cm³/mol. The van der Waals surface area contributed by atoms with Gasteiger partial charge in [-0.15, -0.1) is 0 Å². The molecule has 2 aliphatic carbocycles. The van der Waals surface area contributed by atoms with Crippen LogP contribution in [0.4, 0.5) is 0 Å². The van der Waals surface area contributed by atoms with Crippen molar-refractivity contribution in [2.75, 3.05) is 0 Å². The lowest BCUT2D eigenvalue weighted by atomic mass is 9.60. The van der Waals surface area contributed by atoms with E-state index in [1.54, 1.807) is 0 Å². The van der Waals surface area contributed by atoms with E-state index in [0.717, 1.165) is 6.42 Å². The zero-order chi connectivity index (χ0) is 8.22. The fraction of sp³-hybridized carbons (Fsp3) is 0.667. The van der Waals surface area contributed by atoms with Crippen molar-refractivity contribution >= 4 is 28.4 Å². The van der Waals surface area contributed by atoms with E-state index < -0.39 is 0 Å². The van der Waals surface area contributed by atoms with Gasteiger partial charge in [0.2, 0.25) is 0 Å². The lowest BCUT2D eigenvalue weighted by molar-refractivity contribution is -0.140. The summed E-state index contributed by atoms with van der Waals surface area (Å²) in [6, 6.07) is 0. The highest BCUT2D eigenvalue weighted by molar-refractivity contribution is 14.1. The Morgan fingerprint density at radius 2 is 2.36 bits per heavy atom. The minimum Gasteiger partial charge on any atom is -0.299 e. The molecule has 0 spiro atoms. The number of carbonyl (C=O) groups excluding carboxylic acids is 1. The molecule has 0 aromatic rings. The minimum atomic E-state index is -0.0735. The summed E-state index contributed by atoms with van der Waals surface area (Å²) in [7, 11) is 0. The van der Waals surface area contributed by atoms with Crippen molar-refractivity contribution in [1.29, 1.82) is 0 Å². The van der Waals surface area contributed by atoms with Crippen LogP contribution in [0.25, 0.3) is 0 Å². The van der Waals surface area contributed by atoms with Crippen LogP contribution in [0.15, 0.2) is 9.66 Å². The Balaban J connectivity index is 2.37. The summed E-state index contributed by atoms with van der Waals surface area (Å²) < 4.78 is 1.38. The quantitative estimate of drug-likeness (QED) is 0.613. The molecule has 0 aromatic carbocycles.